The van der Waals surface area contributed by atoms with Gasteiger partial charge in [0, 0.05) is 71.3 Å². The van der Waals surface area contributed by atoms with Crippen LogP contribution in [-0.4, -0.2) is 18.3 Å². The number of hydrogen-bond donors (Lipinski definition) is 0. The average molecular weight is 1440 g/mol. The largest absolute Gasteiger partial charge is 0.309 e. The maximum atomic E-state index is 2.45. The van der Waals surface area contributed by atoms with E-state index in [4.69, 9.17) is 0 Å². The van der Waals surface area contributed by atoms with Crippen molar-refractivity contribution < 1.29 is 0 Å². The van der Waals surface area contributed by atoms with Gasteiger partial charge in [-0.1, -0.05) is 305 Å². The van der Waals surface area contributed by atoms with E-state index in [1.54, 1.807) is 0 Å². The van der Waals surface area contributed by atoms with Crippen LogP contribution in [0.15, 0.2) is 413 Å². The van der Waals surface area contributed by atoms with Gasteiger partial charge in [0.1, 0.15) is 0 Å². The van der Waals surface area contributed by atoms with Gasteiger partial charge in [0.25, 0.3) is 0 Å². The monoisotopic (exact) mass is 1440 g/mol. The molecule has 18 aromatic carbocycles. The molecule has 0 saturated carbocycles. The summed E-state index contributed by atoms with van der Waals surface area (Å²) in [6.07, 6.45) is 0. The number of aromatic nitrogens is 4. The van der Waals surface area contributed by atoms with Crippen molar-refractivity contribution >= 4 is 98.0 Å². The lowest BCUT2D eigenvalue weighted by Crippen LogP contribution is -2.15. The highest BCUT2D eigenvalue weighted by atomic mass is 15.0. The zero-order chi connectivity index (χ0) is 74.8. The standard InChI is InChI=1S/C57H40N2.C52H34N2/c1-57(2)51-17-9-6-14-45(51)46-31-30-44(36-52(46)57)59-54-19-11-8-16-48(54)50-35-42(27-33-56(50)59)41-26-32-55-49(34-41)47-15-7-10-18-53(47)58(55)43-28-24-40(25-29-43)39-22-20-38(21-23-39)37-12-4-3-5-13-37;1-2-10-35(11-3-1)37-18-20-38(21-19-37)39-22-27-43(28-23-39)53-49-16-8-6-14-45(49)47-33-41(25-30-51(47)53)42-26-31-52-48(34-42)46-15-7-9-17-50(46)54(52)44-29-24-36-12-4-5-13-40(36)32-44/h3-36H,1-2H3;1-34H. The van der Waals surface area contributed by atoms with Gasteiger partial charge in [0.05, 0.1) is 44.1 Å². The quantitative estimate of drug-likeness (QED) is 0.130. The minimum atomic E-state index is -0.0605. The Balaban J connectivity index is 0.000000139. The molecule has 113 heavy (non-hydrogen) atoms. The zero-order valence-corrected chi connectivity index (χ0v) is 62.5. The summed E-state index contributed by atoms with van der Waals surface area (Å²) in [7, 11) is 0. The molecule has 530 valence electrons. The van der Waals surface area contributed by atoms with Crippen LogP contribution in [0.25, 0.3) is 199 Å². The second kappa shape index (κ2) is 26.3. The van der Waals surface area contributed by atoms with Gasteiger partial charge in [-0.05, 0) is 221 Å². The molecule has 4 nitrogen and oxygen atoms in total. The molecule has 0 N–H and O–H groups in total. The topological polar surface area (TPSA) is 19.7 Å². The molecule has 0 spiro atoms. The van der Waals surface area contributed by atoms with Crippen LogP contribution in [0, 0.1) is 0 Å². The van der Waals surface area contributed by atoms with Crippen molar-refractivity contribution in [3.8, 4) is 101 Å². The summed E-state index contributed by atoms with van der Waals surface area (Å²) in [4.78, 5) is 0. The fourth-order valence-electron chi connectivity index (χ4n) is 18.4. The number of benzene rings is 18. The molecule has 0 saturated heterocycles. The maximum absolute atomic E-state index is 2.45. The highest BCUT2D eigenvalue weighted by Crippen LogP contribution is 2.50. The number of para-hydroxylation sites is 4. The Morgan fingerprint density at radius 1 is 0.159 bits per heavy atom. The summed E-state index contributed by atoms with van der Waals surface area (Å²) in [5.41, 5.74) is 34.4. The van der Waals surface area contributed by atoms with Crippen molar-refractivity contribution in [1.82, 2.24) is 18.3 Å². The zero-order valence-electron chi connectivity index (χ0n) is 62.5. The van der Waals surface area contributed by atoms with Gasteiger partial charge in [-0.15, -0.1) is 0 Å². The third-order valence-corrected chi connectivity index (χ3v) is 24.1. The maximum Gasteiger partial charge on any atom is 0.0541 e. The van der Waals surface area contributed by atoms with Crippen LogP contribution in [0.2, 0.25) is 0 Å². The summed E-state index contributed by atoms with van der Waals surface area (Å²) in [6, 6.07) is 151. The first kappa shape index (κ1) is 65.5. The summed E-state index contributed by atoms with van der Waals surface area (Å²) in [5, 5.41) is 12.6. The Labute approximate surface area is 655 Å². The molecule has 0 fully saturated rings. The molecule has 4 aromatic heterocycles. The number of hydrogen-bond acceptors (Lipinski definition) is 0. The minimum absolute atomic E-state index is 0.0605. The third-order valence-electron chi connectivity index (χ3n) is 24.1. The number of nitrogens with zero attached hydrogens (tertiary/aromatic N) is 4. The van der Waals surface area contributed by atoms with Crippen LogP contribution in [0.5, 0.6) is 0 Å². The van der Waals surface area contributed by atoms with Crippen LogP contribution in [-0.2, 0) is 5.41 Å². The Morgan fingerprint density at radius 3 is 0.823 bits per heavy atom. The number of rotatable bonds is 10. The Morgan fingerprint density at radius 2 is 0.425 bits per heavy atom. The first-order chi connectivity index (χ1) is 55.8. The molecule has 0 unspecified atom stereocenters. The molecule has 1 aliphatic carbocycles. The van der Waals surface area contributed by atoms with E-state index in [1.807, 2.05) is 0 Å². The van der Waals surface area contributed by atoms with Gasteiger partial charge < -0.3 is 18.3 Å². The Kier molecular flexibility index (Phi) is 15.3. The molecule has 0 radical (unpaired) electrons. The van der Waals surface area contributed by atoms with Crippen molar-refractivity contribution in [2.45, 2.75) is 19.3 Å². The lowest BCUT2D eigenvalue weighted by Gasteiger charge is -2.22. The molecule has 22 aromatic rings. The van der Waals surface area contributed by atoms with Crippen molar-refractivity contribution in [2.24, 2.45) is 0 Å². The van der Waals surface area contributed by atoms with Gasteiger partial charge in [0.15, 0.2) is 0 Å². The van der Waals surface area contributed by atoms with E-state index < -0.39 is 0 Å². The first-order valence-electron chi connectivity index (χ1n) is 39.2. The molecule has 4 heterocycles. The molecule has 0 atom stereocenters. The smallest absolute Gasteiger partial charge is 0.0541 e. The van der Waals surface area contributed by atoms with E-state index in [1.165, 1.54) is 198 Å². The van der Waals surface area contributed by atoms with E-state index in [9.17, 15) is 0 Å². The van der Waals surface area contributed by atoms with E-state index in [2.05, 4.69) is 445 Å². The summed E-state index contributed by atoms with van der Waals surface area (Å²) < 4.78 is 9.67. The van der Waals surface area contributed by atoms with E-state index >= 15 is 0 Å². The predicted octanol–water partition coefficient (Wildman–Crippen LogP) is 29.2. The fraction of sp³-hybridized carbons (Fsp3) is 0.0275. The molecule has 0 amide bonds. The Bertz CT molecular complexity index is 7520. The fourth-order valence-corrected chi connectivity index (χ4v) is 18.4. The second-order valence-electron chi connectivity index (χ2n) is 30.8. The van der Waals surface area contributed by atoms with Crippen LogP contribution in [0.4, 0.5) is 0 Å². The molecule has 1 aliphatic rings. The van der Waals surface area contributed by atoms with Crippen molar-refractivity contribution in [2.75, 3.05) is 0 Å². The van der Waals surface area contributed by atoms with Crippen molar-refractivity contribution in [3.63, 3.8) is 0 Å². The highest BCUT2D eigenvalue weighted by Gasteiger charge is 2.36. The van der Waals surface area contributed by atoms with E-state index in [0.717, 1.165) is 11.4 Å². The Hall–Kier alpha value is -14.6. The third kappa shape index (κ3) is 10.9. The SMILES string of the molecule is CC1(C)c2ccccc2-c2ccc(-n3c4ccccc4c4cc(-c5ccc6c(c5)c5ccccc5n6-c5ccc(-c6ccc(-c7ccccc7)cc6)cc5)ccc43)cc21.c1ccc(-c2ccc(-c3ccc(-n4c5ccccc5c5cc(-c6ccc7c(c6)c6ccccc6n7-c6ccc7ccccc7c6)ccc54)cc3)cc2)cc1. The van der Waals surface area contributed by atoms with Gasteiger partial charge in [-0.2, -0.15) is 0 Å². The van der Waals surface area contributed by atoms with Gasteiger partial charge >= 0.3 is 0 Å². The van der Waals surface area contributed by atoms with E-state index in [-0.39, 0.29) is 5.41 Å². The van der Waals surface area contributed by atoms with E-state index in [0.29, 0.717) is 0 Å². The summed E-state index contributed by atoms with van der Waals surface area (Å²) >= 11 is 0. The molecular formula is C109H74N4. The highest BCUT2D eigenvalue weighted by molar-refractivity contribution is 6.15. The van der Waals surface area contributed by atoms with Gasteiger partial charge in [0.2, 0.25) is 0 Å². The average Bonchev–Trinajstić information content (AvgIpc) is 1.62. The van der Waals surface area contributed by atoms with Gasteiger partial charge in [-0.25, -0.2) is 0 Å². The molecule has 0 bridgehead atoms. The van der Waals surface area contributed by atoms with Crippen LogP contribution < -0.4 is 0 Å². The summed E-state index contributed by atoms with van der Waals surface area (Å²) in [6.45, 7) is 4.72. The van der Waals surface area contributed by atoms with Crippen molar-refractivity contribution in [1.29, 1.82) is 0 Å². The summed E-state index contributed by atoms with van der Waals surface area (Å²) in [5.74, 6) is 0. The van der Waals surface area contributed by atoms with Crippen LogP contribution >= 0.6 is 0 Å². The molecule has 4 heteroatoms. The van der Waals surface area contributed by atoms with Crippen LogP contribution in [0.1, 0.15) is 25.0 Å². The first-order valence-corrected chi connectivity index (χ1v) is 39.2. The molecule has 0 aliphatic heterocycles. The minimum Gasteiger partial charge on any atom is -0.309 e. The lowest BCUT2D eigenvalue weighted by molar-refractivity contribution is 0.660. The van der Waals surface area contributed by atoms with Gasteiger partial charge in [-0.3, -0.25) is 0 Å². The van der Waals surface area contributed by atoms with Crippen LogP contribution in [0.3, 0.4) is 0 Å². The number of fused-ring (bicyclic) bond motifs is 16. The lowest BCUT2D eigenvalue weighted by atomic mass is 9.82. The molecular weight excluding hydrogens is 1370 g/mol. The predicted molar refractivity (Wildman–Crippen MR) is 478 cm³/mol. The molecule has 23 rings (SSSR count). The second-order valence-corrected chi connectivity index (χ2v) is 30.8. The van der Waals surface area contributed by atoms with Crippen molar-refractivity contribution in [3.05, 3.63) is 424 Å². The normalized spacial score (nSPS) is 12.4.